The van der Waals surface area contributed by atoms with E-state index in [1.54, 1.807) is 18.1 Å². The highest BCUT2D eigenvalue weighted by atomic mass is 79.9. The Morgan fingerprint density at radius 1 is 1.47 bits per heavy atom. The van der Waals surface area contributed by atoms with Crippen LogP contribution in [0, 0.1) is 0 Å². The smallest absolute Gasteiger partial charge is 0.195 e. The molecule has 1 atom stereocenters. The van der Waals surface area contributed by atoms with E-state index in [4.69, 9.17) is 5.73 Å². The van der Waals surface area contributed by atoms with Crippen LogP contribution in [0.1, 0.15) is 18.5 Å². The van der Waals surface area contributed by atoms with Crippen molar-refractivity contribution in [2.45, 2.75) is 23.0 Å². The summed E-state index contributed by atoms with van der Waals surface area (Å²) in [5, 5.41) is 8.78. The zero-order valence-corrected chi connectivity index (χ0v) is 12.0. The van der Waals surface area contributed by atoms with E-state index in [2.05, 4.69) is 32.2 Å². The van der Waals surface area contributed by atoms with Crippen LogP contribution in [-0.4, -0.2) is 14.8 Å². The molecule has 0 aliphatic carbocycles. The predicted octanol–water partition coefficient (Wildman–Crippen LogP) is 2.75. The van der Waals surface area contributed by atoms with Crippen LogP contribution in [0.15, 0.2) is 39.1 Å². The second-order valence-corrected chi connectivity index (χ2v) is 5.72. The van der Waals surface area contributed by atoms with E-state index in [1.165, 1.54) is 0 Å². The minimum absolute atomic E-state index is 0.00109. The van der Waals surface area contributed by atoms with Gasteiger partial charge >= 0.3 is 0 Å². The minimum atomic E-state index is -0.00109. The SMILES string of the molecule is CC(N)c1ccc(Br)cc1Sc1nncn1C. The molecule has 0 saturated heterocycles. The molecule has 1 heterocycles. The third-order valence-electron chi connectivity index (χ3n) is 2.34. The quantitative estimate of drug-likeness (QED) is 0.946. The monoisotopic (exact) mass is 312 g/mol. The summed E-state index contributed by atoms with van der Waals surface area (Å²) in [7, 11) is 1.92. The van der Waals surface area contributed by atoms with Crippen molar-refractivity contribution in [1.29, 1.82) is 0 Å². The van der Waals surface area contributed by atoms with Gasteiger partial charge in [0, 0.05) is 22.5 Å². The average Bonchev–Trinajstić information content (AvgIpc) is 2.64. The van der Waals surface area contributed by atoms with Crippen LogP contribution >= 0.6 is 27.7 Å². The van der Waals surface area contributed by atoms with Crippen LogP contribution in [0.4, 0.5) is 0 Å². The molecule has 0 fully saturated rings. The standard InChI is InChI=1S/C11H13BrN4S/c1-7(13)9-4-3-8(12)5-10(9)17-11-15-14-6-16(11)2/h3-7H,13H2,1-2H3. The summed E-state index contributed by atoms with van der Waals surface area (Å²) < 4.78 is 2.92. The van der Waals surface area contributed by atoms with Crippen molar-refractivity contribution in [3.8, 4) is 0 Å². The van der Waals surface area contributed by atoms with E-state index in [0.717, 1.165) is 20.1 Å². The molecule has 0 saturated carbocycles. The zero-order chi connectivity index (χ0) is 12.4. The number of nitrogens with two attached hydrogens (primary N) is 1. The van der Waals surface area contributed by atoms with Crippen LogP contribution in [-0.2, 0) is 7.05 Å². The van der Waals surface area contributed by atoms with Gasteiger partial charge in [-0.3, -0.25) is 0 Å². The highest BCUT2D eigenvalue weighted by Crippen LogP contribution is 2.33. The summed E-state index contributed by atoms with van der Waals surface area (Å²) in [6.07, 6.45) is 1.69. The summed E-state index contributed by atoms with van der Waals surface area (Å²) in [6, 6.07) is 6.09. The molecular formula is C11H13BrN4S. The first-order valence-electron chi connectivity index (χ1n) is 5.15. The highest BCUT2D eigenvalue weighted by molar-refractivity contribution is 9.10. The molecule has 0 aliphatic heterocycles. The zero-order valence-electron chi connectivity index (χ0n) is 9.59. The molecule has 6 heteroatoms. The van der Waals surface area contributed by atoms with Gasteiger partial charge in [0.1, 0.15) is 6.33 Å². The number of aryl methyl sites for hydroxylation is 1. The number of aromatic nitrogens is 3. The van der Waals surface area contributed by atoms with Gasteiger partial charge in [-0.05, 0) is 36.4 Å². The van der Waals surface area contributed by atoms with Gasteiger partial charge < -0.3 is 10.3 Å². The first-order valence-corrected chi connectivity index (χ1v) is 6.75. The van der Waals surface area contributed by atoms with Crippen molar-refractivity contribution < 1.29 is 0 Å². The fourth-order valence-electron chi connectivity index (χ4n) is 1.44. The Balaban J connectivity index is 2.37. The van der Waals surface area contributed by atoms with Crippen molar-refractivity contribution in [1.82, 2.24) is 14.8 Å². The molecule has 1 unspecified atom stereocenters. The second-order valence-electron chi connectivity index (χ2n) is 3.80. The number of rotatable bonds is 3. The fraction of sp³-hybridized carbons (Fsp3) is 0.273. The largest absolute Gasteiger partial charge is 0.324 e. The normalized spacial score (nSPS) is 12.7. The lowest BCUT2D eigenvalue weighted by Gasteiger charge is -2.12. The molecule has 4 nitrogen and oxygen atoms in total. The van der Waals surface area contributed by atoms with E-state index >= 15 is 0 Å². The molecule has 1 aromatic heterocycles. The van der Waals surface area contributed by atoms with Gasteiger partial charge in [0.25, 0.3) is 0 Å². The molecule has 0 bridgehead atoms. The van der Waals surface area contributed by atoms with E-state index in [1.807, 2.05) is 30.7 Å². The van der Waals surface area contributed by atoms with Gasteiger partial charge in [0.05, 0.1) is 0 Å². The van der Waals surface area contributed by atoms with Gasteiger partial charge in [0.15, 0.2) is 5.16 Å². The lowest BCUT2D eigenvalue weighted by atomic mass is 10.1. The molecule has 0 spiro atoms. The maximum absolute atomic E-state index is 5.96. The van der Waals surface area contributed by atoms with Crippen molar-refractivity contribution in [3.63, 3.8) is 0 Å². The minimum Gasteiger partial charge on any atom is -0.324 e. The Labute approximate surface area is 113 Å². The van der Waals surface area contributed by atoms with Gasteiger partial charge in [-0.25, -0.2) is 0 Å². The molecule has 90 valence electrons. The molecule has 2 rings (SSSR count). The number of hydrogen-bond donors (Lipinski definition) is 1. The van der Waals surface area contributed by atoms with Crippen LogP contribution in [0.5, 0.6) is 0 Å². The molecule has 2 N–H and O–H groups in total. The fourth-order valence-corrected chi connectivity index (χ4v) is 2.98. The molecule has 0 radical (unpaired) electrons. The van der Waals surface area contributed by atoms with Crippen LogP contribution in [0.2, 0.25) is 0 Å². The van der Waals surface area contributed by atoms with E-state index in [0.29, 0.717) is 0 Å². The summed E-state index contributed by atoms with van der Waals surface area (Å²) in [5.74, 6) is 0. The maximum Gasteiger partial charge on any atom is 0.195 e. The van der Waals surface area contributed by atoms with Crippen molar-refractivity contribution in [2.75, 3.05) is 0 Å². The first-order chi connectivity index (χ1) is 8.08. The number of nitrogens with zero attached hydrogens (tertiary/aromatic N) is 3. The topological polar surface area (TPSA) is 56.7 Å². The third kappa shape index (κ3) is 2.88. The second kappa shape index (κ2) is 5.20. The van der Waals surface area contributed by atoms with Gasteiger partial charge in [-0.2, -0.15) is 0 Å². The molecule has 1 aromatic carbocycles. The van der Waals surface area contributed by atoms with Crippen molar-refractivity contribution in [2.24, 2.45) is 12.8 Å². The number of halogens is 1. The molecule has 0 amide bonds. The molecule has 2 aromatic rings. The van der Waals surface area contributed by atoms with Gasteiger partial charge in [-0.1, -0.05) is 22.0 Å². The number of benzene rings is 1. The van der Waals surface area contributed by atoms with E-state index in [-0.39, 0.29) is 6.04 Å². The van der Waals surface area contributed by atoms with Crippen LogP contribution in [0.25, 0.3) is 0 Å². The van der Waals surface area contributed by atoms with E-state index < -0.39 is 0 Å². The first kappa shape index (κ1) is 12.6. The molecular weight excluding hydrogens is 300 g/mol. The molecule has 17 heavy (non-hydrogen) atoms. The predicted molar refractivity (Wildman–Crippen MR) is 71.9 cm³/mol. The summed E-state index contributed by atoms with van der Waals surface area (Å²) >= 11 is 5.04. The lowest BCUT2D eigenvalue weighted by Crippen LogP contribution is -2.06. The Bertz CT molecular complexity index is 524. The molecule has 0 aliphatic rings. The third-order valence-corrected chi connectivity index (χ3v) is 3.96. The Hall–Kier alpha value is -0.850. The van der Waals surface area contributed by atoms with Crippen molar-refractivity contribution >= 4 is 27.7 Å². The van der Waals surface area contributed by atoms with Crippen LogP contribution in [0.3, 0.4) is 0 Å². The Morgan fingerprint density at radius 3 is 2.82 bits per heavy atom. The summed E-state index contributed by atoms with van der Waals surface area (Å²) in [5.41, 5.74) is 7.07. The summed E-state index contributed by atoms with van der Waals surface area (Å²) in [4.78, 5) is 1.10. The summed E-state index contributed by atoms with van der Waals surface area (Å²) in [6.45, 7) is 1.98. The van der Waals surface area contributed by atoms with Crippen molar-refractivity contribution in [3.05, 3.63) is 34.6 Å². The lowest BCUT2D eigenvalue weighted by molar-refractivity contribution is 0.779. The van der Waals surface area contributed by atoms with Crippen LogP contribution < -0.4 is 5.73 Å². The van der Waals surface area contributed by atoms with Gasteiger partial charge in [-0.15, -0.1) is 10.2 Å². The highest BCUT2D eigenvalue weighted by Gasteiger charge is 2.11. The van der Waals surface area contributed by atoms with E-state index in [9.17, 15) is 0 Å². The Morgan fingerprint density at radius 2 is 2.24 bits per heavy atom. The van der Waals surface area contributed by atoms with Gasteiger partial charge in [0.2, 0.25) is 0 Å². The number of hydrogen-bond acceptors (Lipinski definition) is 4. The average molecular weight is 313 g/mol. The Kier molecular flexibility index (Phi) is 3.86. The maximum atomic E-state index is 5.96.